The van der Waals surface area contributed by atoms with Crippen molar-refractivity contribution in [2.75, 3.05) is 0 Å². The van der Waals surface area contributed by atoms with Crippen molar-refractivity contribution in [2.45, 2.75) is 24.7 Å². The van der Waals surface area contributed by atoms with Crippen molar-refractivity contribution in [3.63, 3.8) is 0 Å². The summed E-state index contributed by atoms with van der Waals surface area (Å²) in [6.45, 7) is 0. The number of rotatable bonds is 2. The highest BCUT2D eigenvalue weighted by atomic mass is 35.5. The molecule has 0 saturated heterocycles. The van der Waals surface area contributed by atoms with Crippen molar-refractivity contribution in [1.29, 1.82) is 10.5 Å². The summed E-state index contributed by atoms with van der Waals surface area (Å²) in [4.78, 5) is 0. The van der Waals surface area contributed by atoms with E-state index in [1.807, 2.05) is 6.07 Å². The van der Waals surface area contributed by atoms with Gasteiger partial charge in [-0.25, -0.2) is 8.78 Å². The molecule has 1 fully saturated rings. The molecule has 0 N–H and O–H groups in total. The number of hydrogen-bond donors (Lipinski definition) is 0. The minimum Gasteiger partial charge on any atom is -0.205 e. The molecule has 2 aromatic carbocycles. The molecule has 0 atom stereocenters. The van der Waals surface area contributed by atoms with Crippen LogP contribution < -0.4 is 0 Å². The zero-order chi connectivity index (χ0) is 17.7. The summed E-state index contributed by atoms with van der Waals surface area (Å²) >= 11 is 11.1. The lowest BCUT2D eigenvalue weighted by Crippen LogP contribution is -2.02. The standard InChI is InChI=1S/C10H7ClFN.C8H5ClFN/c11-8-5-7(1-2-9(8)12)10(6-13)3-4-10;9-7-5-6(3-4-11)1-2-8(7)10/h1-2,5H,3-4H2;1-2,5H,3H2. The van der Waals surface area contributed by atoms with Crippen LogP contribution in [0.15, 0.2) is 36.4 Å². The van der Waals surface area contributed by atoms with Crippen LogP contribution in [0.4, 0.5) is 8.78 Å². The van der Waals surface area contributed by atoms with Crippen molar-refractivity contribution in [3.05, 3.63) is 69.2 Å². The maximum atomic E-state index is 12.8. The van der Waals surface area contributed by atoms with Gasteiger partial charge in [-0.2, -0.15) is 10.5 Å². The number of halogens is 4. The number of nitrogens with zero attached hydrogens (tertiary/aromatic N) is 2. The van der Waals surface area contributed by atoms with Crippen molar-refractivity contribution in [2.24, 2.45) is 0 Å². The van der Waals surface area contributed by atoms with E-state index in [4.69, 9.17) is 33.7 Å². The van der Waals surface area contributed by atoms with Gasteiger partial charge >= 0.3 is 0 Å². The molecular formula is C18H12Cl2F2N2. The normalized spacial score (nSPS) is 13.9. The molecule has 2 aromatic rings. The van der Waals surface area contributed by atoms with E-state index in [2.05, 4.69) is 6.07 Å². The molecular weight excluding hydrogens is 353 g/mol. The number of benzene rings is 2. The Balaban J connectivity index is 0.000000177. The minimum absolute atomic E-state index is 0.0674. The van der Waals surface area contributed by atoms with Crippen molar-refractivity contribution in [1.82, 2.24) is 0 Å². The van der Waals surface area contributed by atoms with Crippen molar-refractivity contribution in [3.8, 4) is 12.1 Å². The summed E-state index contributed by atoms with van der Waals surface area (Å²) in [7, 11) is 0. The van der Waals surface area contributed by atoms with E-state index < -0.39 is 11.6 Å². The molecule has 0 aliphatic heterocycles. The van der Waals surface area contributed by atoms with E-state index >= 15 is 0 Å². The first-order valence-corrected chi connectivity index (χ1v) is 7.85. The lowest BCUT2D eigenvalue weighted by atomic mass is 9.98. The second kappa shape index (κ2) is 7.62. The van der Waals surface area contributed by atoms with Gasteiger partial charge in [0.25, 0.3) is 0 Å². The van der Waals surface area contributed by atoms with Crippen LogP contribution in [-0.2, 0) is 11.8 Å². The topological polar surface area (TPSA) is 47.6 Å². The van der Waals surface area contributed by atoms with Crippen LogP contribution in [-0.4, -0.2) is 0 Å². The molecule has 24 heavy (non-hydrogen) atoms. The molecule has 1 saturated carbocycles. The van der Waals surface area contributed by atoms with Gasteiger partial charge in [0.2, 0.25) is 0 Å². The minimum atomic E-state index is -0.451. The zero-order valence-electron chi connectivity index (χ0n) is 12.5. The first-order valence-electron chi connectivity index (χ1n) is 7.09. The average Bonchev–Trinajstić information content (AvgIpc) is 3.36. The number of nitriles is 2. The maximum absolute atomic E-state index is 12.8. The SMILES string of the molecule is N#CC1(c2ccc(F)c(Cl)c2)CC1.N#CCc1ccc(F)c(Cl)c1. The molecule has 0 heterocycles. The maximum Gasteiger partial charge on any atom is 0.141 e. The van der Waals surface area contributed by atoms with Gasteiger partial charge in [-0.1, -0.05) is 35.3 Å². The van der Waals surface area contributed by atoms with Crippen molar-refractivity contribution >= 4 is 23.2 Å². The third kappa shape index (κ3) is 4.23. The van der Waals surface area contributed by atoms with Gasteiger partial charge in [0, 0.05) is 0 Å². The molecule has 3 rings (SSSR count). The second-order valence-corrected chi connectivity index (χ2v) is 6.22. The predicted molar refractivity (Wildman–Crippen MR) is 88.7 cm³/mol. The molecule has 0 bridgehead atoms. The van der Waals surface area contributed by atoms with Crippen LogP contribution in [0.5, 0.6) is 0 Å². The van der Waals surface area contributed by atoms with Gasteiger partial charge in [0.05, 0.1) is 34.0 Å². The fraction of sp³-hybridized carbons (Fsp3) is 0.222. The highest BCUT2D eigenvalue weighted by Crippen LogP contribution is 2.48. The fourth-order valence-electron chi connectivity index (χ4n) is 2.12. The van der Waals surface area contributed by atoms with Crippen molar-refractivity contribution < 1.29 is 8.78 Å². The first-order chi connectivity index (χ1) is 11.4. The molecule has 122 valence electrons. The summed E-state index contributed by atoms with van der Waals surface area (Å²) in [6.07, 6.45) is 1.97. The van der Waals surface area contributed by atoms with Crippen LogP contribution in [0.25, 0.3) is 0 Å². The third-order valence-corrected chi connectivity index (χ3v) is 4.28. The number of hydrogen-bond acceptors (Lipinski definition) is 2. The van der Waals surface area contributed by atoms with Gasteiger partial charge in [0.15, 0.2) is 0 Å². The lowest BCUT2D eigenvalue weighted by molar-refractivity contribution is 0.626. The molecule has 1 aliphatic rings. The Labute approximate surface area is 148 Å². The molecule has 0 amide bonds. The van der Waals surface area contributed by atoms with E-state index in [-0.39, 0.29) is 21.9 Å². The quantitative estimate of drug-likeness (QED) is 0.698. The monoisotopic (exact) mass is 364 g/mol. The molecule has 0 unspecified atom stereocenters. The second-order valence-electron chi connectivity index (χ2n) is 5.41. The van der Waals surface area contributed by atoms with E-state index in [1.54, 1.807) is 18.2 Å². The first kappa shape index (κ1) is 18.2. The summed E-state index contributed by atoms with van der Waals surface area (Å²) in [5.74, 6) is -0.882. The van der Waals surface area contributed by atoms with E-state index in [0.29, 0.717) is 0 Å². The van der Waals surface area contributed by atoms with Gasteiger partial charge in [-0.05, 0) is 48.2 Å². The van der Waals surface area contributed by atoms with E-state index in [1.165, 1.54) is 18.2 Å². The lowest BCUT2D eigenvalue weighted by Gasteiger charge is -2.05. The van der Waals surface area contributed by atoms with Crippen LogP contribution in [0.3, 0.4) is 0 Å². The Hall–Kier alpha value is -2.14. The highest BCUT2D eigenvalue weighted by Gasteiger charge is 2.45. The summed E-state index contributed by atoms with van der Waals surface area (Å²) < 4.78 is 25.3. The summed E-state index contributed by atoms with van der Waals surface area (Å²) in [6, 6.07) is 12.9. The molecule has 0 radical (unpaired) electrons. The van der Waals surface area contributed by atoms with Crippen LogP contribution in [0.1, 0.15) is 24.0 Å². The van der Waals surface area contributed by atoms with Gasteiger partial charge in [0.1, 0.15) is 11.6 Å². The summed E-state index contributed by atoms with van der Waals surface area (Å²) in [5.41, 5.74) is 1.19. The van der Waals surface area contributed by atoms with Gasteiger partial charge in [-0.3, -0.25) is 0 Å². The van der Waals surface area contributed by atoms with Crippen LogP contribution in [0.2, 0.25) is 10.0 Å². The van der Waals surface area contributed by atoms with E-state index in [9.17, 15) is 8.78 Å². The van der Waals surface area contributed by atoms with Crippen LogP contribution in [0, 0.1) is 34.3 Å². The average molecular weight is 365 g/mol. The largest absolute Gasteiger partial charge is 0.205 e. The Kier molecular flexibility index (Phi) is 5.78. The van der Waals surface area contributed by atoms with Gasteiger partial charge in [-0.15, -0.1) is 0 Å². The molecule has 6 heteroatoms. The molecule has 2 nitrogen and oxygen atoms in total. The smallest absolute Gasteiger partial charge is 0.141 e. The third-order valence-electron chi connectivity index (χ3n) is 3.70. The molecule has 0 aromatic heterocycles. The highest BCUT2D eigenvalue weighted by molar-refractivity contribution is 6.31. The van der Waals surface area contributed by atoms with E-state index in [0.717, 1.165) is 24.0 Å². The van der Waals surface area contributed by atoms with Gasteiger partial charge < -0.3 is 0 Å². The zero-order valence-corrected chi connectivity index (χ0v) is 14.0. The fourth-order valence-corrected chi connectivity index (χ4v) is 2.51. The Morgan fingerprint density at radius 1 is 0.958 bits per heavy atom. The Bertz CT molecular complexity index is 834. The predicted octanol–water partition coefficient (Wildman–Crippen LogP) is 5.58. The molecule has 0 spiro atoms. The van der Waals surface area contributed by atoms with Crippen LogP contribution >= 0.6 is 23.2 Å². The Morgan fingerprint density at radius 2 is 1.54 bits per heavy atom. The summed E-state index contributed by atoms with van der Waals surface area (Å²) in [5, 5.41) is 17.3. The molecule has 1 aliphatic carbocycles. The Morgan fingerprint density at radius 3 is 2.00 bits per heavy atom.